The van der Waals surface area contributed by atoms with Gasteiger partial charge in [-0.1, -0.05) is 58.8 Å². The van der Waals surface area contributed by atoms with E-state index in [-0.39, 0.29) is 0 Å². The van der Waals surface area contributed by atoms with Gasteiger partial charge in [0.1, 0.15) is 0 Å². The van der Waals surface area contributed by atoms with Crippen LogP contribution in [0.5, 0.6) is 0 Å². The van der Waals surface area contributed by atoms with Gasteiger partial charge in [-0.2, -0.15) is 0 Å². The van der Waals surface area contributed by atoms with Crippen molar-refractivity contribution in [2.75, 3.05) is 0 Å². The van der Waals surface area contributed by atoms with Crippen LogP contribution in [-0.2, 0) is 0 Å². The summed E-state index contributed by atoms with van der Waals surface area (Å²) in [5.74, 6) is 4.31. The molecule has 2 saturated carbocycles. The van der Waals surface area contributed by atoms with E-state index in [1.165, 1.54) is 32.1 Å². The summed E-state index contributed by atoms with van der Waals surface area (Å²) in [5, 5.41) is 0. The second-order valence-electron chi connectivity index (χ2n) is 6.50. The largest absolute Gasteiger partial charge is 0.0654 e. The van der Waals surface area contributed by atoms with Crippen LogP contribution in [0.15, 0.2) is 0 Å². The van der Waals surface area contributed by atoms with Crippen molar-refractivity contribution in [3.63, 3.8) is 0 Å². The van der Waals surface area contributed by atoms with Crippen molar-refractivity contribution in [1.82, 2.24) is 0 Å². The molecule has 0 heteroatoms. The topological polar surface area (TPSA) is 0 Å². The minimum atomic E-state index is 0.999. The monoisotopic (exact) mass is 222 g/mol. The smallest absolute Gasteiger partial charge is 0.0383 e. The highest BCUT2D eigenvalue weighted by Gasteiger charge is 2.33. The van der Waals surface area contributed by atoms with Gasteiger partial charge in [-0.25, -0.2) is 0 Å². The molecule has 0 spiro atoms. The zero-order chi connectivity index (χ0) is 11.4. The van der Waals surface area contributed by atoms with Crippen LogP contribution in [0.1, 0.15) is 78.1 Å². The summed E-state index contributed by atoms with van der Waals surface area (Å²) in [6.07, 6.45) is 15.2. The summed E-state index contributed by atoms with van der Waals surface area (Å²) in [5.41, 5.74) is 0. The molecule has 0 amide bonds. The molecule has 16 heavy (non-hydrogen) atoms. The molecule has 2 aliphatic rings. The van der Waals surface area contributed by atoms with Crippen LogP contribution in [0, 0.1) is 23.7 Å². The fourth-order valence-corrected chi connectivity index (χ4v) is 4.29. The molecule has 2 rings (SSSR count). The van der Waals surface area contributed by atoms with Gasteiger partial charge in [0.2, 0.25) is 0 Å². The number of rotatable bonds is 4. The molecule has 3 atom stereocenters. The summed E-state index contributed by atoms with van der Waals surface area (Å²) >= 11 is 0. The molecule has 2 aliphatic carbocycles. The van der Waals surface area contributed by atoms with Gasteiger partial charge >= 0.3 is 0 Å². The van der Waals surface area contributed by atoms with Gasteiger partial charge in [0.15, 0.2) is 0 Å². The van der Waals surface area contributed by atoms with Gasteiger partial charge in [-0.15, -0.1) is 0 Å². The van der Waals surface area contributed by atoms with Crippen molar-refractivity contribution in [3.05, 3.63) is 0 Å². The highest BCUT2D eigenvalue weighted by atomic mass is 14.4. The Morgan fingerprint density at radius 2 is 1.69 bits per heavy atom. The van der Waals surface area contributed by atoms with E-state index in [9.17, 15) is 0 Å². The maximum Gasteiger partial charge on any atom is -0.0383 e. The Morgan fingerprint density at radius 1 is 0.938 bits per heavy atom. The van der Waals surface area contributed by atoms with E-state index in [0.29, 0.717) is 0 Å². The van der Waals surface area contributed by atoms with Crippen molar-refractivity contribution >= 4 is 0 Å². The SMILES string of the molecule is CCCC(C)C1CCC(C2CCCCC2)C1. The zero-order valence-corrected chi connectivity index (χ0v) is 11.4. The van der Waals surface area contributed by atoms with E-state index in [1.54, 1.807) is 32.1 Å². The van der Waals surface area contributed by atoms with Crippen LogP contribution in [0.4, 0.5) is 0 Å². The van der Waals surface area contributed by atoms with Crippen molar-refractivity contribution in [1.29, 1.82) is 0 Å². The normalized spacial score (nSPS) is 34.1. The molecule has 0 saturated heterocycles. The predicted octanol–water partition coefficient (Wildman–Crippen LogP) is 5.42. The Hall–Kier alpha value is 0. The standard InChI is InChI=1S/C16H30/c1-3-7-13(2)15-10-11-16(12-15)14-8-5-4-6-9-14/h13-16H,3-12H2,1-2H3. The summed E-state index contributed by atoms with van der Waals surface area (Å²) in [6, 6.07) is 0. The molecule has 3 unspecified atom stereocenters. The van der Waals surface area contributed by atoms with Crippen LogP contribution < -0.4 is 0 Å². The molecule has 0 heterocycles. The average molecular weight is 222 g/mol. The Kier molecular flexibility index (Phi) is 4.73. The number of hydrogen-bond donors (Lipinski definition) is 0. The van der Waals surface area contributed by atoms with Crippen LogP contribution in [0.3, 0.4) is 0 Å². The molecule has 94 valence electrons. The third kappa shape index (κ3) is 3.02. The van der Waals surface area contributed by atoms with Crippen molar-refractivity contribution in [3.8, 4) is 0 Å². The molecule has 0 N–H and O–H groups in total. The van der Waals surface area contributed by atoms with E-state index in [1.807, 2.05) is 0 Å². The van der Waals surface area contributed by atoms with Gasteiger partial charge < -0.3 is 0 Å². The molecule has 2 fully saturated rings. The summed E-state index contributed by atoms with van der Waals surface area (Å²) in [7, 11) is 0. The minimum Gasteiger partial charge on any atom is -0.0654 e. The molecule has 0 nitrogen and oxygen atoms in total. The predicted molar refractivity (Wildman–Crippen MR) is 71.5 cm³/mol. The maximum absolute atomic E-state index is 2.50. The summed E-state index contributed by atoms with van der Waals surface area (Å²) in [4.78, 5) is 0. The quantitative estimate of drug-likeness (QED) is 0.596. The van der Waals surface area contributed by atoms with Crippen LogP contribution >= 0.6 is 0 Å². The van der Waals surface area contributed by atoms with Crippen LogP contribution in [0.2, 0.25) is 0 Å². The Balaban J connectivity index is 1.78. The van der Waals surface area contributed by atoms with E-state index in [0.717, 1.165) is 23.7 Å². The molecule has 0 aromatic rings. The number of hydrogen-bond acceptors (Lipinski definition) is 0. The van der Waals surface area contributed by atoms with Gasteiger partial charge in [0.05, 0.1) is 0 Å². The van der Waals surface area contributed by atoms with Crippen molar-refractivity contribution in [2.24, 2.45) is 23.7 Å². The Labute approximate surface area is 102 Å². The second kappa shape index (κ2) is 6.07. The lowest BCUT2D eigenvalue weighted by Crippen LogP contribution is -2.16. The molecule has 0 bridgehead atoms. The van der Waals surface area contributed by atoms with Crippen LogP contribution in [-0.4, -0.2) is 0 Å². The summed E-state index contributed by atoms with van der Waals surface area (Å²) in [6.45, 7) is 4.83. The maximum atomic E-state index is 2.50. The highest BCUT2D eigenvalue weighted by molar-refractivity contribution is 4.84. The fraction of sp³-hybridized carbons (Fsp3) is 1.00. The first-order valence-electron chi connectivity index (χ1n) is 7.81. The van der Waals surface area contributed by atoms with Gasteiger partial charge in [-0.3, -0.25) is 0 Å². The lowest BCUT2D eigenvalue weighted by atomic mass is 9.78. The lowest BCUT2D eigenvalue weighted by molar-refractivity contribution is 0.235. The first-order valence-corrected chi connectivity index (χ1v) is 7.81. The first-order chi connectivity index (χ1) is 7.81. The summed E-state index contributed by atoms with van der Waals surface area (Å²) < 4.78 is 0. The van der Waals surface area contributed by atoms with Crippen molar-refractivity contribution in [2.45, 2.75) is 78.1 Å². The third-order valence-electron chi connectivity index (χ3n) is 5.38. The average Bonchev–Trinajstić information content (AvgIpc) is 2.80. The Morgan fingerprint density at radius 3 is 2.38 bits per heavy atom. The molecule has 0 radical (unpaired) electrons. The lowest BCUT2D eigenvalue weighted by Gasteiger charge is -2.28. The third-order valence-corrected chi connectivity index (χ3v) is 5.38. The zero-order valence-electron chi connectivity index (χ0n) is 11.4. The van der Waals surface area contributed by atoms with E-state index in [2.05, 4.69) is 13.8 Å². The van der Waals surface area contributed by atoms with E-state index in [4.69, 9.17) is 0 Å². The van der Waals surface area contributed by atoms with E-state index >= 15 is 0 Å². The molecular weight excluding hydrogens is 192 g/mol. The Bertz CT molecular complexity index is 190. The minimum absolute atomic E-state index is 0.999. The highest BCUT2D eigenvalue weighted by Crippen LogP contribution is 2.44. The van der Waals surface area contributed by atoms with Gasteiger partial charge in [0, 0.05) is 0 Å². The molecule has 0 aliphatic heterocycles. The fourth-order valence-electron chi connectivity index (χ4n) is 4.29. The van der Waals surface area contributed by atoms with Crippen LogP contribution in [0.25, 0.3) is 0 Å². The van der Waals surface area contributed by atoms with Gasteiger partial charge in [0.25, 0.3) is 0 Å². The molecular formula is C16H30. The van der Waals surface area contributed by atoms with Crippen molar-refractivity contribution < 1.29 is 0 Å². The molecule has 0 aromatic heterocycles. The second-order valence-corrected chi connectivity index (χ2v) is 6.50. The first kappa shape index (κ1) is 12.5. The van der Waals surface area contributed by atoms with E-state index < -0.39 is 0 Å². The van der Waals surface area contributed by atoms with Gasteiger partial charge in [-0.05, 0) is 42.9 Å². The molecule has 0 aromatic carbocycles.